The summed E-state index contributed by atoms with van der Waals surface area (Å²) in [6.07, 6.45) is 48.7. The van der Waals surface area contributed by atoms with E-state index in [-0.39, 0.29) is 12.5 Å². The molecular formula is C55H107NO8. The van der Waals surface area contributed by atoms with E-state index in [9.17, 15) is 30.3 Å². The zero-order valence-corrected chi connectivity index (χ0v) is 42.1. The summed E-state index contributed by atoms with van der Waals surface area (Å²) < 4.78 is 11.2. The summed E-state index contributed by atoms with van der Waals surface area (Å²) in [6, 6.07) is -0.798. The number of rotatable bonds is 48. The Balaban J connectivity index is 2.10. The zero-order chi connectivity index (χ0) is 46.6. The number of aliphatic hydroxyl groups is 5. The third-order valence-corrected chi connectivity index (χ3v) is 13.6. The van der Waals surface area contributed by atoms with Gasteiger partial charge in [-0.05, 0) is 19.3 Å². The molecule has 1 aliphatic rings. The average Bonchev–Trinajstić information content (AvgIpc) is 3.29. The molecule has 0 aliphatic carbocycles. The first-order valence-electron chi connectivity index (χ1n) is 27.9. The standard InChI is InChI=1S/C55H107NO8/c1-3-5-7-9-11-13-15-16-17-18-19-20-21-22-23-24-25-26-27-28-29-30-31-32-33-35-37-39-41-43-45-51(59)56-48(47-63-55-54(62)53(61)52(60)50(46-57)64-55)49(58)44-42-40-38-36-34-14-12-10-8-6-4-2/h42,44,48-50,52-55,57-58,60-62H,3-41,43,45-47H2,1-2H3,(H,56,59)/b44-42+/t48-,49+,50+,52+,53?,54?,55+/m0/s1. The van der Waals surface area contributed by atoms with Crippen molar-refractivity contribution in [1.82, 2.24) is 5.32 Å². The molecule has 0 saturated carbocycles. The Morgan fingerprint density at radius 1 is 0.516 bits per heavy atom. The van der Waals surface area contributed by atoms with Gasteiger partial charge in [-0.25, -0.2) is 0 Å². The lowest BCUT2D eigenvalue weighted by atomic mass is 9.99. The topological polar surface area (TPSA) is 149 Å². The van der Waals surface area contributed by atoms with Crippen LogP contribution in [0.5, 0.6) is 0 Å². The van der Waals surface area contributed by atoms with E-state index < -0.39 is 49.5 Å². The molecular weight excluding hydrogens is 803 g/mol. The number of aliphatic hydroxyl groups excluding tert-OH is 5. The minimum Gasteiger partial charge on any atom is -0.394 e. The minimum absolute atomic E-state index is 0.172. The molecule has 1 fully saturated rings. The highest BCUT2D eigenvalue weighted by Crippen LogP contribution is 2.23. The fraction of sp³-hybridized carbons (Fsp3) is 0.945. The Bertz CT molecular complexity index is 1010. The van der Waals surface area contributed by atoms with Crippen LogP contribution in [0.1, 0.15) is 277 Å². The Hall–Kier alpha value is -1.07. The maximum atomic E-state index is 13.0. The first kappa shape index (κ1) is 60.9. The van der Waals surface area contributed by atoms with Crippen molar-refractivity contribution < 1.29 is 39.8 Å². The lowest BCUT2D eigenvalue weighted by Crippen LogP contribution is -2.60. The third-order valence-electron chi connectivity index (χ3n) is 13.6. The van der Waals surface area contributed by atoms with Gasteiger partial charge in [0.2, 0.25) is 5.91 Å². The molecule has 1 saturated heterocycles. The van der Waals surface area contributed by atoms with Crippen LogP contribution in [0, 0.1) is 0 Å². The van der Waals surface area contributed by atoms with Crippen molar-refractivity contribution >= 4 is 5.91 Å². The van der Waals surface area contributed by atoms with E-state index in [0.717, 1.165) is 38.5 Å². The number of nitrogens with one attached hydrogen (secondary N) is 1. The van der Waals surface area contributed by atoms with E-state index in [1.54, 1.807) is 6.08 Å². The van der Waals surface area contributed by atoms with E-state index in [1.807, 2.05) is 6.08 Å². The predicted octanol–water partition coefficient (Wildman–Crippen LogP) is 13.2. The van der Waals surface area contributed by atoms with Crippen LogP contribution in [0.15, 0.2) is 12.2 Å². The van der Waals surface area contributed by atoms with Gasteiger partial charge in [-0.2, -0.15) is 0 Å². The predicted molar refractivity (Wildman–Crippen MR) is 267 cm³/mol. The average molecular weight is 910 g/mol. The molecule has 9 heteroatoms. The van der Waals surface area contributed by atoms with Crippen LogP contribution in [-0.4, -0.2) is 87.5 Å². The van der Waals surface area contributed by atoms with Crippen molar-refractivity contribution in [2.24, 2.45) is 0 Å². The second-order valence-electron chi connectivity index (χ2n) is 19.7. The molecule has 1 rings (SSSR count). The van der Waals surface area contributed by atoms with E-state index in [0.29, 0.717) is 6.42 Å². The summed E-state index contributed by atoms with van der Waals surface area (Å²) in [6.45, 7) is 3.79. The molecule has 0 aromatic rings. The highest BCUT2D eigenvalue weighted by atomic mass is 16.7. The molecule has 0 bridgehead atoms. The van der Waals surface area contributed by atoms with Gasteiger partial charge in [0, 0.05) is 6.42 Å². The van der Waals surface area contributed by atoms with Gasteiger partial charge >= 0.3 is 0 Å². The van der Waals surface area contributed by atoms with Gasteiger partial charge in [0.25, 0.3) is 0 Å². The van der Waals surface area contributed by atoms with E-state index >= 15 is 0 Å². The van der Waals surface area contributed by atoms with Gasteiger partial charge in [-0.15, -0.1) is 0 Å². The van der Waals surface area contributed by atoms with Crippen LogP contribution >= 0.6 is 0 Å². The molecule has 7 atom stereocenters. The van der Waals surface area contributed by atoms with E-state index in [4.69, 9.17) is 9.47 Å². The van der Waals surface area contributed by atoms with Crippen molar-refractivity contribution in [3.05, 3.63) is 12.2 Å². The fourth-order valence-electron chi connectivity index (χ4n) is 9.16. The van der Waals surface area contributed by atoms with Gasteiger partial charge in [0.05, 0.1) is 25.4 Å². The van der Waals surface area contributed by atoms with Gasteiger partial charge in [-0.3, -0.25) is 4.79 Å². The van der Waals surface area contributed by atoms with Crippen molar-refractivity contribution in [2.45, 2.75) is 320 Å². The number of allylic oxidation sites excluding steroid dienone is 1. The Kier molecular flexibility index (Phi) is 43.5. The molecule has 1 heterocycles. The van der Waals surface area contributed by atoms with Crippen LogP contribution in [-0.2, 0) is 14.3 Å². The van der Waals surface area contributed by atoms with E-state index in [2.05, 4.69) is 19.2 Å². The zero-order valence-electron chi connectivity index (χ0n) is 42.1. The third kappa shape index (κ3) is 35.1. The second-order valence-corrected chi connectivity index (χ2v) is 19.7. The molecule has 1 aliphatic heterocycles. The molecule has 0 radical (unpaired) electrons. The SMILES string of the molecule is CCCCCCCCCCC/C=C/[C@@H](O)[C@H](CO[C@@H]1O[C@H](CO)[C@@H](O)C(O)C1O)NC(=O)CCCCCCCCCCCCCCCCCCCCCCCCCCCCCCCC. The molecule has 1 amide bonds. The highest BCUT2D eigenvalue weighted by molar-refractivity contribution is 5.76. The quantitative estimate of drug-likeness (QED) is 0.0261. The van der Waals surface area contributed by atoms with Crippen LogP contribution < -0.4 is 5.32 Å². The van der Waals surface area contributed by atoms with Crippen molar-refractivity contribution in [2.75, 3.05) is 13.2 Å². The first-order valence-corrected chi connectivity index (χ1v) is 27.9. The smallest absolute Gasteiger partial charge is 0.220 e. The van der Waals surface area contributed by atoms with Gasteiger partial charge in [-0.1, -0.05) is 264 Å². The number of hydrogen-bond acceptors (Lipinski definition) is 8. The molecule has 6 N–H and O–H groups in total. The van der Waals surface area contributed by atoms with Crippen LogP contribution in [0.4, 0.5) is 0 Å². The normalized spacial score (nSPS) is 20.0. The first-order chi connectivity index (χ1) is 31.3. The maximum absolute atomic E-state index is 13.0. The molecule has 9 nitrogen and oxygen atoms in total. The lowest BCUT2D eigenvalue weighted by Gasteiger charge is -2.40. The number of carbonyl (C=O) groups is 1. The van der Waals surface area contributed by atoms with Crippen LogP contribution in [0.25, 0.3) is 0 Å². The largest absolute Gasteiger partial charge is 0.394 e. The van der Waals surface area contributed by atoms with Crippen molar-refractivity contribution in [3.8, 4) is 0 Å². The number of unbranched alkanes of at least 4 members (excludes halogenated alkanes) is 38. The number of ether oxygens (including phenoxy) is 2. The summed E-state index contributed by atoms with van der Waals surface area (Å²) in [7, 11) is 0. The highest BCUT2D eigenvalue weighted by Gasteiger charge is 2.44. The van der Waals surface area contributed by atoms with Crippen molar-refractivity contribution in [1.29, 1.82) is 0 Å². The molecule has 380 valence electrons. The van der Waals surface area contributed by atoms with Gasteiger partial charge in [0.15, 0.2) is 6.29 Å². The molecule has 0 aromatic carbocycles. The molecule has 2 unspecified atom stereocenters. The molecule has 0 spiro atoms. The Morgan fingerprint density at radius 3 is 1.22 bits per heavy atom. The Morgan fingerprint density at radius 2 is 0.859 bits per heavy atom. The molecule has 0 aromatic heterocycles. The summed E-state index contributed by atoms with van der Waals surface area (Å²) in [5, 5.41) is 54.3. The maximum Gasteiger partial charge on any atom is 0.220 e. The van der Waals surface area contributed by atoms with Crippen molar-refractivity contribution in [3.63, 3.8) is 0 Å². The lowest BCUT2D eigenvalue weighted by molar-refractivity contribution is -0.302. The Labute approximate surface area is 395 Å². The summed E-state index contributed by atoms with van der Waals surface area (Å²) in [5.41, 5.74) is 0. The van der Waals surface area contributed by atoms with Gasteiger partial charge < -0.3 is 40.3 Å². The van der Waals surface area contributed by atoms with Crippen LogP contribution in [0.3, 0.4) is 0 Å². The van der Waals surface area contributed by atoms with Gasteiger partial charge in [0.1, 0.15) is 24.4 Å². The number of carbonyl (C=O) groups excluding carboxylic acids is 1. The summed E-state index contributed by atoms with van der Waals surface area (Å²) in [4.78, 5) is 13.0. The van der Waals surface area contributed by atoms with E-state index in [1.165, 1.54) is 218 Å². The monoisotopic (exact) mass is 910 g/mol. The molecule has 64 heavy (non-hydrogen) atoms. The van der Waals surface area contributed by atoms with Crippen LogP contribution in [0.2, 0.25) is 0 Å². The minimum atomic E-state index is -1.56. The summed E-state index contributed by atoms with van der Waals surface area (Å²) in [5.74, 6) is -0.172. The number of hydrogen-bond donors (Lipinski definition) is 6. The summed E-state index contributed by atoms with van der Waals surface area (Å²) >= 11 is 0. The fourth-order valence-corrected chi connectivity index (χ4v) is 9.16. The second kappa shape index (κ2) is 45.7. The number of amides is 1.